The fraction of sp³-hybridized carbons (Fsp3) is 0.188. The van der Waals surface area contributed by atoms with Crippen LogP contribution in [0, 0.1) is 12.7 Å². The summed E-state index contributed by atoms with van der Waals surface area (Å²) >= 11 is 0. The number of nitrogens with two attached hydrogens (primary N) is 1. The van der Waals surface area contributed by atoms with Crippen molar-refractivity contribution in [2.24, 2.45) is 0 Å². The van der Waals surface area contributed by atoms with Crippen LogP contribution < -0.4 is 11.1 Å². The van der Waals surface area contributed by atoms with Gasteiger partial charge in [-0.15, -0.1) is 0 Å². The molecule has 1 amide bonds. The van der Waals surface area contributed by atoms with Crippen LogP contribution in [0.3, 0.4) is 0 Å². The third-order valence-corrected chi connectivity index (χ3v) is 3.17. The minimum atomic E-state index is -0.536. The molecule has 0 fully saturated rings. The van der Waals surface area contributed by atoms with Gasteiger partial charge in [-0.2, -0.15) is 0 Å². The molecule has 0 unspecified atom stereocenters. The van der Waals surface area contributed by atoms with Crippen molar-refractivity contribution in [2.75, 3.05) is 11.1 Å². The van der Waals surface area contributed by atoms with Gasteiger partial charge in [0.1, 0.15) is 5.82 Å². The van der Waals surface area contributed by atoms with Crippen LogP contribution in [0.15, 0.2) is 36.4 Å². The van der Waals surface area contributed by atoms with Gasteiger partial charge in [-0.05, 0) is 42.7 Å². The molecule has 0 aliphatic heterocycles. The Hall–Kier alpha value is -2.36. The Morgan fingerprint density at radius 1 is 1.30 bits per heavy atom. The summed E-state index contributed by atoms with van der Waals surface area (Å²) < 4.78 is 14.0. The zero-order valence-electron chi connectivity index (χ0n) is 11.5. The molecule has 3 N–H and O–H groups in total. The highest BCUT2D eigenvalue weighted by atomic mass is 19.1. The summed E-state index contributed by atoms with van der Waals surface area (Å²) in [6.07, 6.45) is 0.787. The molecule has 3 nitrogen and oxygen atoms in total. The quantitative estimate of drug-likeness (QED) is 0.840. The van der Waals surface area contributed by atoms with Gasteiger partial charge >= 0.3 is 0 Å². The minimum Gasteiger partial charge on any atom is -0.399 e. The molecule has 0 aliphatic carbocycles. The van der Waals surface area contributed by atoms with Crippen molar-refractivity contribution >= 4 is 17.3 Å². The van der Waals surface area contributed by atoms with Gasteiger partial charge in [0.15, 0.2) is 0 Å². The third kappa shape index (κ3) is 2.79. The third-order valence-electron chi connectivity index (χ3n) is 3.17. The van der Waals surface area contributed by atoms with Gasteiger partial charge in [-0.25, -0.2) is 4.39 Å². The fourth-order valence-electron chi connectivity index (χ4n) is 2.10. The van der Waals surface area contributed by atoms with Gasteiger partial charge in [0.2, 0.25) is 0 Å². The monoisotopic (exact) mass is 272 g/mol. The number of halogens is 1. The van der Waals surface area contributed by atoms with E-state index in [1.807, 2.05) is 25.1 Å². The number of benzene rings is 2. The number of amides is 1. The van der Waals surface area contributed by atoms with Crippen LogP contribution in [0.5, 0.6) is 0 Å². The maximum absolute atomic E-state index is 14.0. The van der Waals surface area contributed by atoms with Gasteiger partial charge in [0.25, 0.3) is 5.91 Å². The van der Waals surface area contributed by atoms with E-state index in [0.717, 1.165) is 12.0 Å². The number of hydrogen-bond donors (Lipinski definition) is 2. The van der Waals surface area contributed by atoms with Crippen LogP contribution in [-0.2, 0) is 6.42 Å². The van der Waals surface area contributed by atoms with Gasteiger partial charge in [0, 0.05) is 11.4 Å². The molecule has 0 saturated heterocycles. The standard InChI is InChI=1S/C16H17FN2O/c1-3-11-6-4-5-7-14(11)19-16(20)13-9-12(18)8-10(2)15(13)17/h4-9H,3,18H2,1-2H3,(H,19,20). The van der Waals surface area contributed by atoms with Crippen LogP contribution in [0.25, 0.3) is 0 Å². The molecule has 104 valence electrons. The van der Waals surface area contributed by atoms with Gasteiger partial charge in [0.05, 0.1) is 5.56 Å². The Morgan fingerprint density at radius 3 is 2.70 bits per heavy atom. The first-order valence-electron chi connectivity index (χ1n) is 6.47. The maximum atomic E-state index is 14.0. The first kappa shape index (κ1) is 14.1. The predicted octanol–water partition coefficient (Wildman–Crippen LogP) is 3.53. The molecule has 0 atom stereocenters. The second-order valence-electron chi connectivity index (χ2n) is 4.66. The molecule has 0 saturated carbocycles. The number of rotatable bonds is 3. The molecule has 0 heterocycles. The van der Waals surface area contributed by atoms with E-state index >= 15 is 0 Å². The molecule has 2 aromatic carbocycles. The molecule has 0 bridgehead atoms. The van der Waals surface area contributed by atoms with E-state index in [1.165, 1.54) is 12.1 Å². The highest BCUT2D eigenvalue weighted by molar-refractivity contribution is 6.05. The number of nitrogen functional groups attached to an aromatic ring is 1. The zero-order valence-corrected chi connectivity index (χ0v) is 11.5. The van der Waals surface area contributed by atoms with Crippen LogP contribution in [-0.4, -0.2) is 5.91 Å². The Balaban J connectivity index is 2.33. The van der Waals surface area contributed by atoms with Crippen molar-refractivity contribution in [1.82, 2.24) is 0 Å². The molecule has 20 heavy (non-hydrogen) atoms. The van der Waals surface area contributed by atoms with E-state index < -0.39 is 11.7 Å². The Bertz CT molecular complexity index is 653. The summed E-state index contributed by atoms with van der Waals surface area (Å²) in [5.41, 5.74) is 8.06. The van der Waals surface area contributed by atoms with Gasteiger partial charge in [-0.3, -0.25) is 4.79 Å². The van der Waals surface area contributed by atoms with Crippen molar-refractivity contribution in [3.05, 3.63) is 58.9 Å². The lowest BCUT2D eigenvalue weighted by atomic mass is 10.1. The van der Waals surface area contributed by atoms with Gasteiger partial charge in [-0.1, -0.05) is 25.1 Å². The summed E-state index contributed by atoms with van der Waals surface area (Å²) in [5.74, 6) is -1.02. The topological polar surface area (TPSA) is 55.1 Å². The second kappa shape index (κ2) is 5.74. The number of para-hydroxylation sites is 1. The van der Waals surface area contributed by atoms with E-state index in [1.54, 1.807) is 13.0 Å². The Kier molecular flexibility index (Phi) is 4.03. The summed E-state index contributed by atoms with van der Waals surface area (Å²) in [5, 5.41) is 2.74. The number of anilines is 2. The molecular formula is C16H17FN2O. The van der Waals surface area contributed by atoms with E-state index in [0.29, 0.717) is 16.9 Å². The van der Waals surface area contributed by atoms with Crippen LogP contribution >= 0.6 is 0 Å². The zero-order chi connectivity index (χ0) is 14.7. The molecule has 2 aromatic rings. The average molecular weight is 272 g/mol. The van der Waals surface area contributed by atoms with Crippen LogP contribution in [0.4, 0.5) is 15.8 Å². The number of nitrogens with one attached hydrogen (secondary N) is 1. The Morgan fingerprint density at radius 2 is 2.00 bits per heavy atom. The largest absolute Gasteiger partial charge is 0.399 e. The molecule has 0 aromatic heterocycles. The first-order chi connectivity index (χ1) is 9.52. The summed E-state index contributed by atoms with van der Waals surface area (Å²) in [7, 11) is 0. The number of carbonyl (C=O) groups is 1. The lowest BCUT2D eigenvalue weighted by molar-refractivity contribution is 0.102. The molecule has 2 rings (SSSR count). The Labute approximate surface area is 117 Å². The molecule has 0 aliphatic rings. The van der Waals surface area contributed by atoms with Crippen molar-refractivity contribution in [3.63, 3.8) is 0 Å². The van der Waals surface area contributed by atoms with Crippen molar-refractivity contribution in [1.29, 1.82) is 0 Å². The lowest BCUT2D eigenvalue weighted by Crippen LogP contribution is -2.16. The highest BCUT2D eigenvalue weighted by Gasteiger charge is 2.15. The SMILES string of the molecule is CCc1ccccc1NC(=O)c1cc(N)cc(C)c1F. The molecule has 0 radical (unpaired) electrons. The van der Waals surface area contributed by atoms with Crippen molar-refractivity contribution in [2.45, 2.75) is 20.3 Å². The molecular weight excluding hydrogens is 255 g/mol. The number of hydrogen-bond acceptors (Lipinski definition) is 2. The smallest absolute Gasteiger partial charge is 0.258 e. The predicted molar refractivity (Wildman–Crippen MR) is 79.3 cm³/mol. The van der Waals surface area contributed by atoms with Crippen LogP contribution in [0.2, 0.25) is 0 Å². The molecule has 4 heteroatoms. The first-order valence-corrected chi connectivity index (χ1v) is 6.47. The summed E-state index contributed by atoms with van der Waals surface area (Å²) in [6, 6.07) is 10.3. The fourth-order valence-corrected chi connectivity index (χ4v) is 2.10. The average Bonchev–Trinajstić information content (AvgIpc) is 2.43. The van der Waals surface area contributed by atoms with E-state index in [-0.39, 0.29) is 5.56 Å². The van der Waals surface area contributed by atoms with Crippen molar-refractivity contribution < 1.29 is 9.18 Å². The number of carbonyl (C=O) groups excluding carboxylic acids is 1. The summed E-state index contributed by atoms with van der Waals surface area (Å²) in [6.45, 7) is 3.58. The minimum absolute atomic E-state index is 0.0339. The molecule has 0 spiro atoms. The van der Waals surface area contributed by atoms with Crippen molar-refractivity contribution in [3.8, 4) is 0 Å². The van der Waals surface area contributed by atoms with E-state index in [4.69, 9.17) is 5.73 Å². The second-order valence-corrected chi connectivity index (χ2v) is 4.66. The summed E-state index contributed by atoms with van der Waals surface area (Å²) in [4.78, 5) is 12.2. The highest BCUT2D eigenvalue weighted by Crippen LogP contribution is 2.20. The lowest BCUT2D eigenvalue weighted by Gasteiger charge is -2.11. The van der Waals surface area contributed by atoms with Crippen LogP contribution in [0.1, 0.15) is 28.4 Å². The normalized spacial score (nSPS) is 10.3. The van der Waals surface area contributed by atoms with E-state index in [2.05, 4.69) is 5.32 Å². The van der Waals surface area contributed by atoms with E-state index in [9.17, 15) is 9.18 Å². The van der Waals surface area contributed by atoms with Gasteiger partial charge < -0.3 is 11.1 Å². The maximum Gasteiger partial charge on any atom is 0.258 e. The number of aryl methyl sites for hydroxylation is 2.